The van der Waals surface area contributed by atoms with E-state index in [1.165, 1.54) is 19.1 Å². The van der Waals surface area contributed by atoms with Crippen LogP contribution >= 0.6 is 0 Å². The highest BCUT2D eigenvalue weighted by molar-refractivity contribution is 5.94. The Morgan fingerprint density at radius 3 is 2.76 bits per heavy atom. The number of nitrogens with zero attached hydrogens (tertiary/aromatic N) is 1. The molecule has 3 rings (SSSR count). The van der Waals surface area contributed by atoms with E-state index in [-0.39, 0.29) is 18.2 Å². The molecule has 25 heavy (non-hydrogen) atoms. The Labute approximate surface area is 143 Å². The van der Waals surface area contributed by atoms with Gasteiger partial charge in [0.2, 0.25) is 6.79 Å². The van der Waals surface area contributed by atoms with E-state index in [0.717, 1.165) is 5.56 Å². The molecule has 130 valence electrons. The van der Waals surface area contributed by atoms with Gasteiger partial charge >= 0.3 is 5.69 Å². The van der Waals surface area contributed by atoms with Crippen molar-refractivity contribution in [2.45, 2.75) is 20.0 Å². The summed E-state index contributed by atoms with van der Waals surface area (Å²) >= 11 is 0. The first-order valence-corrected chi connectivity index (χ1v) is 7.56. The zero-order valence-corrected chi connectivity index (χ0v) is 13.6. The van der Waals surface area contributed by atoms with Crippen LogP contribution in [-0.4, -0.2) is 23.7 Å². The van der Waals surface area contributed by atoms with Crippen LogP contribution in [0.5, 0.6) is 17.2 Å². The summed E-state index contributed by atoms with van der Waals surface area (Å²) in [4.78, 5) is 22.9. The van der Waals surface area contributed by atoms with E-state index in [2.05, 4.69) is 5.32 Å². The quantitative estimate of drug-likeness (QED) is 0.661. The molecule has 1 N–H and O–H groups in total. The number of hydrogen-bond acceptors (Lipinski definition) is 6. The summed E-state index contributed by atoms with van der Waals surface area (Å²) in [6, 6.07) is 9.57. The van der Waals surface area contributed by atoms with Crippen molar-refractivity contribution in [2.24, 2.45) is 0 Å². The average molecular weight is 344 g/mol. The van der Waals surface area contributed by atoms with Gasteiger partial charge in [0.05, 0.1) is 4.92 Å². The van der Waals surface area contributed by atoms with E-state index >= 15 is 0 Å². The van der Waals surface area contributed by atoms with Crippen molar-refractivity contribution in [3.8, 4) is 17.2 Å². The van der Waals surface area contributed by atoms with Gasteiger partial charge in [0.25, 0.3) is 5.91 Å². The molecule has 0 aromatic heterocycles. The number of carbonyl (C=O) groups is 1. The van der Waals surface area contributed by atoms with Crippen LogP contribution in [0.25, 0.3) is 0 Å². The van der Waals surface area contributed by atoms with Crippen LogP contribution in [0.15, 0.2) is 36.4 Å². The number of rotatable bonds is 5. The van der Waals surface area contributed by atoms with Gasteiger partial charge in [0.15, 0.2) is 23.4 Å². The second-order valence-electron chi connectivity index (χ2n) is 5.55. The molecule has 0 radical (unpaired) electrons. The van der Waals surface area contributed by atoms with Crippen molar-refractivity contribution in [1.29, 1.82) is 0 Å². The number of fused-ring (bicyclic) bond motifs is 1. The lowest BCUT2D eigenvalue weighted by atomic mass is 10.2. The first kappa shape index (κ1) is 16.6. The number of carbonyl (C=O) groups excluding carboxylic acids is 1. The number of hydrogen-bond donors (Lipinski definition) is 1. The molecule has 8 heteroatoms. The third-order valence-electron chi connectivity index (χ3n) is 3.62. The minimum atomic E-state index is -0.924. The van der Waals surface area contributed by atoms with E-state index in [1.807, 2.05) is 0 Å². The maximum Gasteiger partial charge on any atom is 0.311 e. The molecule has 0 fully saturated rings. The van der Waals surface area contributed by atoms with Crippen molar-refractivity contribution in [1.82, 2.24) is 0 Å². The number of amides is 1. The largest absolute Gasteiger partial charge is 0.474 e. The highest BCUT2D eigenvalue weighted by Crippen LogP contribution is 2.34. The Kier molecular flexibility index (Phi) is 4.42. The molecule has 1 aliphatic heterocycles. The molecule has 1 heterocycles. The molecule has 0 bridgehead atoms. The van der Waals surface area contributed by atoms with E-state index < -0.39 is 16.9 Å². The lowest BCUT2D eigenvalue weighted by Crippen LogP contribution is -2.30. The molecule has 8 nitrogen and oxygen atoms in total. The van der Waals surface area contributed by atoms with Gasteiger partial charge in [0.1, 0.15) is 0 Å². The summed E-state index contributed by atoms with van der Waals surface area (Å²) < 4.78 is 15.9. The van der Waals surface area contributed by atoms with Gasteiger partial charge in [-0.25, -0.2) is 0 Å². The normalized spacial score (nSPS) is 13.2. The molecule has 0 unspecified atom stereocenters. The van der Waals surface area contributed by atoms with Crippen LogP contribution in [0.4, 0.5) is 11.4 Å². The Bertz CT molecular complexity index is 836. The minimum absolute atomic E-state index is 0.0453. The molecular formula is C17H16N2O6. The summed E-state index contributed by atoms with van der Waals surface area (Å²) in [5.74, 6) is 0.760. The van der Waals surface area contributed by atoms with Crippen LogP contribution in [-0.2, 0) is 4.79 Å². The van der Waals surface area contributed by atoms with Gasteiger partial charge in [-0.1, -0.05) is 6.07 Å². The highest BCUT2D eigenvalue weighted by atomic mass is 16.7. The second kappa shape index (κ2) is 6.68. The summed E-state index contributed by atoms with van der Waals surface area (Å²) in [5.41, 5.74) is 1.07. The monoisotopic (exact) mass is 344 g/mol. The van der Waals surface area contributed by atoms with E-state index in [9.17, 15) is 14.9 Å². The van der Waals surface area contributed by atoms with Gasteiger partial charge in [-0.3, -0.25) is 14.9 Å². The average Bonchev–Trinajstić information content (AvgIpc) is 3.03. The smallest absolute Gasteiger partial charge is 0.311 e. The number of nitrogens with one attached hydrogen (secondary N) is 1. The third-order valence-corrected chi connectivity index (χ3v) is 3.62. The van der Waals surface area contributed by atoms with Gasteiger partial charge in [-0.2, -0.15) is 0 Å². The van der Waals surface area contributed by atoms with Crippen molar-refractivity contribution >= 4 is 17.3 Å². The number of nitro groups is 1. The first-order chi connectivity index (χ1) is 11.9. The molecule has 0 spiro atoms. The Morgan fingerprint density at radius 1 is 1.24 bits per heavy atom. The van der Waals surface area contributed by atoms with Gasteiger partial charge < -0.3 is 19.5 Å². The summed E-state index contributed by atoms with van der Waals surface area (Å²) in [6.45, 7) is 3.40. The maximum atomic E-state index is 12.3. The lowest BCUT2D eigenvalue weighted by Gasteiger charge is -2.15. The van der Waals surface area contributed by atoms with E-state index in [0.29, 0.717) is 17.2 Å². The molecule has 0 aliphatic carbocycles. The molecule has 2 aromatic rings. The van der Waals surface area contributed by atoms with E-state index in [1.54, 1.807) is 31.2 Å². The van der Waals surface area contributed by atoms with Gasteiger partial charge in [0, 0.05) is 17.8 Å². The van der Waals surface area contributed by atoms with Crippen LogP contribution in [0, 0.1) is 17.0 Å². The van der Waals surface area contributed by atoms with Crippen molar-refractivity contribution < 1.29 is 23.9 Å². The predicted octanol–water partition coefficient (Wildman–Crippen LogP) is 3.04. The molecule has 2 aromatic carbocycles. The molecule has 1 atom stereocenters. The number of ether oxygens (including phenoxy) is 3. The predicted molar refractivity (Wildman–Crippen MR) is 89.1 cm³/mol. The van der Waals surface area contributed by atoms with Crippen molar-refractivity contribution in [3.05, 3.63) is 52.1 Å². The topological polar surface area (TPSA) is 99.9 Å². The van der Waals surface area contributed by atoms with Crippen LogP contribution < -0.4 is 19.5 Å². The van der Waals surface area contributed by atoms with Crippen LogP contribution in [0.1, 0.15) is 12.5 Å². The van der Waals surface area contributed by atoms with Gasteiger partial charge in [-0.05, 0) is 37.6 Å². The third kappa shape index (κ3) is 3.63. The Hall–Kier alpha value is -3.29. The zero-order valence-electron chi connectivity index (χ0n) is 13.6. The minimum Gasteiger partial charge on any atom is -0.474 e. The van der Waals surface area contributed by atoms with Crippen molar-refractivity contribution in [3.63, 3.8) is 0 Å². The van der Waals surface area contributed by atoms with Crippen LogP contribution in [0.2, 0.25) is 0 Å². The van der Waals surface area contributed by atoms with Crippen molar-refractivity contribution in [2.75, 3.05) is 12.1 Å². The number of aryl methyl sites for hydroxylation is 1. The highest BCUT2D eigenvalue weighted by Gasteiger charge is 2.22. The number of benzene rings is 2. The fourth-order valence-corrected chi connectivity index (χ4v) is 2.33. The molecule has 1 amide bonds. The number of anilines is 1. The summed E-state index contributed by atoms with van der Waals surface area (Å²) in [6.07, 6.45) is -0.924. The Morgan fingerprint density at radius 2 is 2.00 bits per heavy atom. The standard InChI is InChI=1S/C17H16N2O6/c1-10-3-5-14(13(7-10)19(21)22)25-11(2)17(20)18-12-4-6-15-16(8-12)24-9-23-15/h3-8,11H,9H2,1-2H3,(H,18,20)/t11-/m0/s1. The number of nitro benzene ring substituents is 1. The molecule has 0 saturated heterocycles. The fourth-order valence-electron chi connectivity index (χ4n) is 2.33. The molecule has 1 aliphatic rings. The maximum absolute atomic E-state index is 12.3. The molecular weight excluding hydrogens is 328 g/mol. The first-order valence-electron chi connectivity index (χ1n) is 7.56. The zero-order chi connectivity index (χ0) is 18.0. The van der Waals surface area contributed by atoms with Gasteiger partial charge in [-0.15, -0.1) is 0 Å². The lowest BCUT2D eigenvalue weighted by molar-refractivity contribution is -0.386. The van der Waals surface area contributed by atoms with Crippen LogP contribution in [0.3, 0.4) is 0 Å². The summed E-state index contributed by atoms with van der Waals surface area (Å²) in [7, 11) is 0. The fraction of sp³-hybridized carbons (Fsp3) is 0.235. The molecule has 0 saturated carbocycles. The summed E-state index contributed by atoms with van der Waals surface area (Å²) in [5, 5.41) is 13.8. The Balaban J connectivity index is 1.70. The second-order valence-corrected chi connectivity index (χ2v) is 5.55. The SMILES string of the molecule is Cc1ccc(O[C@@H](C)C(=O)Nc2ccc3c(c2)OCO3)c([N+](=O)[O-])c1. The van der Waals surface area contributed by atoms with E-state index in [4.69, 9.17) is 14.2 Å².